The molecule has 1 fully saturated rings. The largest absolute Gasteiger partial charge is 0.493 e. The third kappa shape index (κ3) is 5.04. The Labute approximate surface area is 194 Å². The molecule has 4 rings (SSSR count). The van der Waals surface area contributed by atoms with Gasteiger partial charge in [0.2, 0.25) is 11.7 Å². The average Bonchev–Trinajstić information content (AvgIpc) is 2.83. The number of methoxy groups -OCH3 is 3. The van der Waals surface area contributed by atoms with Crippen molar-refractivity contribution in [2.75, 3.05) is 70.5 Å². The van der Waals surface area contributed by atoms with Crippen molar-refractivity contribution in [2.45, 2.75) is 0 Å². The number of nitrogens with two attached hydrogens (primary N) is 1. The molecule has 0 saturated carbocycles. The van der Waals surface area contributed by atoms with Gasteiger partial charge in [0.05, 0.1) is 27.0 Å². The van der Waals surface area contributed by atoms with E-state index in [1.807, 2.05) is 18.2 Å². The van der Waals surface area contributed by atoms with Crippen molar-refractivity contribution >= 4 is 23.1 Å². The lowest BCUT2D eigenvalue weighted by Gasteiger charge is -2.34. The monoisotopic (exact) mass is 450 g/mol. The molecule has 0 atom stereocenters. The minimum atomic E-state index is 0.186. The van der Waals surface area contributed by atoms with E-state index >= 15 is 0 Å². The minimum Gasteiger partial charge on any atom is -0.493 e. The quantitative estimate of drug-likeness (QED) is 0.562. The van der Waals surface area contributed by atoms with Crippen LogP contribution in [0.4, 0.5) is 23.1 Å². The Balaban J connectivity index is 1.57. The molecule has 9 nitrogen and oxygen atoms in total. The summed E-state index contributed by atoms with van der Waals surface area (Å²) in [5.41, 5.74) is 9.66. The number of hydrogen-bond acceptors (Lipinski definition) is 9. The molecular weight excluding hydrogens is 420 g/mol. The van der Waals surface area contributed by atoms with Gasteiger partial charge >= 0.3 is 0 Å². The van der Waals surface area contributed by atoms with Crippen LogP contribution in [0.2, 0.25) is 0 Å². The Bertz CT molecular complexity index is 1070. The summed E-state index contributed by atoms with van der Waals surface area (Å²) in [4.78, 5) is 13.5. The molecule has 174 valence electrons. The fourth-order valence-electron chi connectivity index (χ4n) is 3.89. The van der Waals surface area contributed by atoms with Crippen LogP contribution in [-0.4, -0.2) is 69.4 Å². The molecule has 3 N–H and O–H groups in total. The predicted molar refractivity (Wildman–Crippen MR) is 131 cm³/mol. The zero-order valence-electron chi connectivity index (χ0n) is 19.5. The number of rotatable bonds is 7. The molecule has 1 aliphatic heterocycles. The number of nitrogens with one attached hydrogen (secondary N) is 1. The maximum absolute atomic E-state index is 6.02. The molecule has 0 bridgehead atoms. The summed E-state index contributed by atoms with van der Waals surface area (Å²) in [6, 6.07) is 13.9. The van der Waals surface area contributed by atoms with Crippen LogP contribution in [0.25, 0.3) is 11.3 Å². The lowest BCUT2D eigenvalue weighted by Crippen LogP contribution is -2.44. The van der Waals surface area contributed by atoms with Crippen molar-refractivity contribution < 1.29 is 14.2 Å². The highest BCUT2D eigenvalue weighted by Gasteiger charge is 2.16. The first-order chi connectivity index (χ1) is 16.0. The number of aromatic nitrogens is 2. The van der Waals surface area contributed by atoms with Gasteiger partial charge in [-0.05, 0) is 19.2 Å². The van der Waals surface area contributed by atoms with E-state index in [-0.39, 0.29) is 5.95 Å². The molecule has 9 heteroatoms. The third-order valence-corrected chi connectivity index (χ3v) is 5.71. The SMILES string of the molecule is COc1cc(Nc2cc(-c3ccc(N4CCN(C)CC4)cc3)nc(N)n2)cc(OC)c1OC. The minimum absolute atomic E-state index is 0.186. The first-order valence-electron chi connectivity index (χ1n) is 10.8. The number of likely N-dealkylation sites (N-methyl/N-ethyl adjacent to an activating group) is 1. The second kappa shape index (κ2) is 9.83. The van der Waals surface area contributed by atoms with Crippen LogP contribution in [0.1, 0.15) is 0 Å². The molecule has 0 unspecified atom stereocenters. The number of anilines is 4. The molecule has 1 aliphatic rings. The average molecular weight is 451 g/mol. The zero-order valence-corrected chi connectivity index (χ0v) is 19.5. The van der Waals surface area contributed by atoms with E-state index in [1.165, 1.54) is 5.69 Å². The number of nitrogens with zero attached hydrogens (tertiary/aromatic N) is 4. The van der Waals surface area contributed by atoms with E-state index in [0.29, 0.717) is 23.1 Å². The van der Waals surface area contributed by atoms with Crippen molar-refractivity contribution in [3.8, 4) is 28.5 Å². The lowest BCUT2D eigenvalue weighted by molar-refractivity contribution is 0.313. The van der Waals surface area contributed by atoms with Crippen molar-refractivity contribution in [1.29, 1.82) is 0 Å². The van der Waals surface area contributed by atoms with Gasteiger partial charge in [-0.15, -0.1) is 0 Å². The van der Waals surface area contributed by atoms with Crippen LogP contribution in [0.5, 0.6) is 17.2 Å². The van der Waals surface area contributed by atoms with E-state index in [2.05, 4.69) is 56.4 Å². The first kappa shape index (κ1) is 22.5. The van der Waals surface area contributed by atoms with Crippen LogP contribution < -0.4 is 30.2 Å². The van der Waals surface area contributed by atoms with E-state index < -0.39 is 0 Å². The van der Waals surface area contributed by atoms with Gasteiger partial charge in [0, 0.05) is 61.3 Å². The Morgan fingerprint density at radius 3 is 2.06 bits per heavy atom. The van der Waals surface area contributed by atoms with E-state index in [4.69, 9.17) is 19.9 Å². The predicted octanol–water partition coefficient (Wildman–Crippen LogP) is 3.25. The summed E-state index contributed by atoms with van der Waals surface area (Å²) in [7, 11) is 6.88. The zero-order chi connectivity index (χ0) is 23.4. The van der Waals surface area contributed by atoms with Gasteiger partial charge in [-0.2, -0.15) is 4.98 Å². The van der Waals surface area contributed by atoms with E-state index in [1.54, 1.807) is 21.3 Å². The maximum Gasteiger partial charge on any atom is 0.222 e. The van der Waals surface area contributed by atoms with Gasteiger partial charge in [-0.1, -0.05) is 12.1 Å². The number of ether oxygens (including phenoxy) is 3. The van der Waals surface area contributed by atoms with E-state index in [9.17, 15) is 0 Å². The third-order valence-electron chi connectivity index (χ3n) is 5.71. The molecule has 0 amide bonds. The van der Waals surface area contributed by atoms with Gasteiger partial charge in [0.25, 0.3) is 0 Å². The van der Waals surface area contributed by atoms with Crippen molar-refractivity contribution in [1.82, 2.24) is 14.9 Å². The maximum atomic E-state index is 6.02. The van der Waals surface area contributed by atoms with Gasteiger partial charge in [-0.3, -0.25) is 0 Å². The molecule has 2 aromatic carbocycles. The summed E-state index contributed by atoms with van der Waals surface area (Å²) >= 11 is 0. The molecule has 1 saturated heterocycles. The van der Waals surface area contributed by atoms with E-state index in [0.717, 1.165) is 43.1 Å². The van der Waals surface area contributed by atoms with Crippen LogP contribution >= 0.6 is 0 Å². The summed E-state index contributed by atoms with van der Waals surface area (Å²) in [5.74, 6) is 2.36. The highest BCUT2D eigenvalue weighted by atomic mass is 16.5. The normalized spacial score (nSPS) is 14.1. The number of piperazine rings is 1. The molecule has 33 heavy (non-hydrogen) atoms. The van der Waals surface area contributed by atoms with Crippen LogP contribution in [0.3, 0.4) is 0 Å². The highest BCUT2D eigenvalue weighted by molar-refractivity contribution is 5.71. The molecule has 0 aliphatic carbocycles. The van der Waals surface area contributed by atoms with Gasteiger partial charge < -0.3 is 35.1 Å². The van der Waals surface area contributed by atoms with Crippen molar-refractivity contribution in [2.24, 2.45) is 0 Å². The summed E-state index contributed by atoms with van der Waals surface area (Å²) in [6.45, 7) is 4.19. The fraction of sp³-hybridized carbons (Fsp3) is 0.333. The van der Waals surface area contributed by atoms with Crippen LogP contribution in [0.15, 0.2) is 42.5 Å². The summed E-state index contributed by atoms with van der Waals surface area (Å²) < 4.78 is 16.3. The summed E-state index contributed by atoms with van der Waals surface area (Å²) in [6.07, 6.45) is 0. The number of hydrogen-bond donors (Lipinski definition) is 2. The second-order valence-corrected chi connectivity index (χ2v) is 7.87. The Morgan fingerprint density at radius 1 is 0.848 bits per heavy atom. The van der Waals surface area contributed by atoms with Crippen molar-refractivity contribution in [3.63, 3.8) is 0 Å². The van der Waals surface area contributed by atoms with Gasteiger partial charge in [-0.25, -0.2) is 4.98 Å². The molecular formula is C24H30N6O3. The first-order valence-corrected chi connectivity index (χ1v) is 10.8. The molecule has 1 aromatic heterocycles. The topological polar surface area (TPSA) is 98.0 Å². The molecule has 0 radical (unpaired) electrons. The van der Waals surface area contributed by atoms with Gasteiger partial charge in [0.1, 0.15) is 5.82 Å². The standard InChI is InChI=1S/C24H30N6O3/c1-29-9-11-30(12-10-29)18-7-5-16(6-8-18)19-15-22(28-24(25)27-19)26-17-13-20(31-2)23(33-4)21(14-17)32-3/h5-8,13-15H,9-12H2,1-4H3,(H3,25,26,27,28). The second-order valence-electron chi connectivity index (χ2n) is 7.87. The highest BCUT2D eigenvalue weighted by Crippen LogP contribution is 2.40. The smallest absolute Gasteiger partial charge is 0.222 e. The van der Waals surface area contributed by atoms with Crippen molar-refractivity contribution in [3.05, 3.63) is 42.5 Å². The Kier molecular flexibility index (Phi) is 6.69. The van der Waals surface area contributed by atoms with Gasteiger partial charge in [0.15, 0.2) is 11.5 Å². The lowest BCUT2D eigenvalue weighted by atomic mass is 10.1. The van der Waals surface area contributed by atoms with Crippen LogP contribution in [0, 0.1) is 0 Å². The molecule has 0 spiro atoms. The molecule has 2 heterocycles. The van der Waals surface area contributed by atoms with Crippen LogP contribution in [-0.2, 0) is 0 Å². The Morgan fingerprint density at radius 2 is 1.48 bits per heavy atom. The fourth-order valence-corrected chi connectivity index (χ4v) is 3.89. The number of nitrogen functional groups attached to an aromatic ring is 1. The number of benzene rings is 2. The Hall–Kier alpha value is -3.72. The summed E-state index contributed by atoms with van der Waals surface area (Å²) in [5, 5.41) is 3.26. The molecule has 3 aromatic rings.